The minimum absolute atomic E-state index is 0.180. The smallest absolute Gasteiger partial charge is 0.313 e. The van der Waals surface area contributed by atoms with Gasteiger partial charge >= 0.3 is 5.97 Å². The number of benzene rings is 1. The zero-order valence-electron chi connectivity index (χ0n) is 13.9. The van der Waals surface area contributed by atoms with Gasteiger partial charge in [0.1, 0.15) is 0 Å². The van der Waals surface area contributed by atoms with Crippen LogP contribution in [0.2, 0.25) is 10.0 Å². The number of carbonyl (C=O) groups excluding carboxylic acids is 2. The third kappa shape index (κ3) is 5.18. The highest BCUT2D eigenvalue weighted by Crippen LogP contribution is 2.25. The summed E-state index contributed by atoms with van der Waals surface area (Å²) in [6.07, 6.45) is 0.578. The molecule has 1 heterocycles. The summed E-state index contributed by atoms with van der Waals surface area (Å²) < 4.78 is 5.13. The molecule has 0 spiro atoms. The number of ether oxygens (including phenoxy) is 1. The van der Waals surface area contributed by atoms with Gasteiger partial charge in [0.15, 0.2) is 12.4 Å². The number of carbonyl (C=O) groups is 2. The number of rotatable bonds is 6. The van der Waals surface area contributed by atoms with Crippen LogP contribution in [0.15, 0.2) is 36.4 Å². The number of hydrogen-bond acceptors (Lipinski definition) is 4. The Labute approximate surface area is 156 Å². The van der Waals surface area contributed by atoms with Gasteiger partial charge in [-0.25, -0.2) is 4.98 Å². The highest BCUT2D eigenvalue weighted by molar-refractivity contribution is 6.36. The summed E-state index contributed by atoms with van der Waals surface area (Å²) in [5, 5.41) is 3.13. The number of anilines is 1. The number of nitrogens with zero attached hydrogens (tertiary/aromatic N) is 1. The molecule has 0 aliphatic heterocycles. The maximum Gasteiger partial charge on any atom is 0.313 e. The highest BCUT2D eigenvalue weighted by Gasteiger charge is 2.21. The summed E-state index contributed by atoms with van der Waals surface area (Å²) in [6, 6.07) is 10.8. The molecule has 0 saturated heterocycles. The monoisotopic (exact) mass is 380 g/mol. The van der Waals surface area contributed by atoms with Crippen LogP contribution in [0.25, 0.3) is 0 Å². The normalized spacial score (nSPS) is 11.7. The van der Waals surface area contributed by atoms with E-state index < -0.39 is 24.4 Å². The van der Waals surface area contributed by atoms with E-state index in [-0.39, 0.29) is 10.8 Å². The summed E-state index contributed by atoms with van der Waals surface area (Å²) in [4.78, 5) is 28.3. The summed E-state index contributed by atoms with van der Waals surface area (Å²) in [5.41, 5.74) is 1.39. The molecule has 2 rings (SSSR count). The standard InChI is InChI=1S/C18H18Cl2N2O3/c1-3-13(12-7-5-4-6-8-12)18(24)25-10-16(23)22-17-15(20)9-14(19)11(2)21-17/h4-9,13H,3,10H2,1-2H3,(H,21,22,23)/t13-/m0/s1. The van der Waals surface area contributed by atoms with Crippen molar-refractivity contribution < 1.29 is 14.3 Å². The van der Waals surface area contributed by atoms with Crippen LogP contribution in [0.3, 0.4) is 0 Å². The van der Waals surface area contributed by atoms with E-state index in [4.69, 9.17) is 27.9 Å². The lowest BCUT2D eigenvalue weighted by Gasteiger charge is -2.14. The molecule has 0 radical (unpaired) electrons. The van der Waals surface area contributed by atoms with Crippen LogP contribution in [-0.2, 0) is 14.3 Å². The second-order valence-corrected chi connectivity index (χ2v) is 6.23. The van der Waals surface area contributed by atoms with Gasteiger partial charge in [-0.05, 0) is 25.0 Å². The fraction of sp³-hybridized carbons (Fsp3) is 0.278. The molecule has 5 nitrogen and oxygen atoms in total. The number of esters is 1. The maximum atomic E-state index is 12.2. The molecule has 0 aliphatic rings. The van der Waals surface area contributed by atoms with Gasteiger partial charge in [0.05, 0.1) is 21.7 Å². The van der Waals surface area contributed by atoms with Crippen LogP contribution >= 0.6 is 23.2 Å². The van der Waals surface area contributed by atoms with E-state index >= 15 is 0 Å². The minimum atomic E-state index is -0.521. The molecule has 1 atom stereocenters. The van der Waals surface area contributed by atoms with E-state index in [9.17, 15) is 9.59 Å². The first-order valence-electron chi connectivity index (χ1n) is 7.76. The summed E-state index contributed by atoms with van der Waals surface area (Å²) >= 11 is 11.9. The van der Waals surface area contributed by atoms with Crippen LogP contribution in [-0.4, -0.2) is 23.5 Å². The molecule has 132 valence electrons. The molecule has 1 aromatic carbocycles. The molecule has 25 heavy (non-hydrogen) atoms. The van der Waals surface area contributed by atoms with Crippen LogP contribution < -0.4 is 5.32 Å². The first-order chi connectivity index (χ1) is 11.9. The van der Waals surface area contributed by atoms with Gasteiger partial charge in [0.25, 0.3) is 5.91 Å². The number of amides is 1. The predicted molar refractivity (Wildman–Crippen MR) is 98.1 cm³/mol. The molecule has 1 amide bonds. The molecule has 0 unspecified atom stereocenters. The Morgan fingerprint density at radius 3 is 2.52 bits per heavy atom. The zero-order valence-corrected chi connectivity index (χ0v) is 15.4. The lowest BCUT2D eigenvalue weighted by atomic mass is 9.97. The van der Waals surface area contributed by atoms with Gasteiger partial charge in [0.2, 0.25) is 0 Å². The largest absolute Gasteiger partial charge is 0.455 e. The van der Waals surface area contributed by atoms with Gasteiger partial charge in [-0.15, -0.1) is 0 Å². The van der Waals surface area contributed by atoms with E-state index in [2.05, 4.69) is 10.3 Å². The number of pyridine rings is 1. The number of halogens is 2. The average molecular weight is 381 g/mol. The van der Waals surface area contributed by atoms with Crippen molar-refractivity contribution >= 4 is 40.9 Å². The number of aromatic nitrogens is 1. The van der Waals surface area contributed by atoms with Gasteiger partial charge in [-0.1, -0.05) is 60.5 Å². The van der Waals surface area contributed by atoms with Crippen LogP contribution in [0.4, 0.5) is 5.82 Å². The molecule has 0 aliphatic carbocycles. The molecule has 0 bridgehead atoms. The van der Waals surface area contributed by atoms with Crippen molar-refractivity contribution in [2.24, 2.45) is 0 Å². The van der Waals surface area contributed by atoms with Crippen molar-refractivity contribution in [1.82, 2.24) is 4.98 Å². The summed E-state index contributed by atoms with van der Waals surface area (Å²) in [7, 11) is 0. The SMILES string of the molecule is CC[C@H](C(=O)OCC(=O)Nc1nc(C)c(Cl)cc1Cl)c1ccccc1. The van der Waals surface area contributed by atoms with Crippen molar-refractivity contribution in [3.63, 3.8) is 0 Å². The molecule has 2 aromatic rings. The third-order valence-electron chi connectivity index (χ3n) is 3.60. The maximum absolute atomic E-state index is 12.2. The minimum Gasteiger partial charge on any atom is -0.455 e. The quantitative estimate of drug-likeness (QED) is 0.755. The van der Waals surface area contributed by atoms with Crippen LogP contribution in [0, 0.1) is 6.92 Å². The topological polar surface area (TPSA) is 68.3 Å². The van der Waals surface area contributed by atoms with Crippen molar-refractivity contribution in [1.29, 1.82) is 0 Å². The molecular formula is C18H18Cl2N2O3. The highest BCUT2D eigenvalue weighted by atomic mass is 35.5. The van der Waals surface area contributed by atoms with E-state index in [1.165, 1.54) is 6.07 Å². The van der Waals surface area contributed by atoms with E-state index in [0.29, 0.717) is 17.1 Å². The molecular weight excluding hydrogens is 363 g/mol. The second-order valence-electron chi connectivity index (χ2n) is 5.41. The summed E-state index contributed by atoms with van der Waals surface area (Å²) in [5.74, 6) is -1.20. The first-order valence-corrected chi connectivity index (χ1v) is 8.52. The van der Waals surface area contributed by atoms with Crippen molar-refractivity contribution in [2.75, 3.05) is 11.9 Å². The fourth-order valence-electron chi connectivity index (χ4n) is 2.28. The average Bonchev–Trinajstić information content (AvgIpc) is 2.59. The van der Waals surface area contributed by atoms with Crippen molar-refractivity contribution in [3.05, 3.63) is 57.7 Å². The van der Waals surface area contributed by atoms with E-state index in [1.54, 1.807) is 6.92 Å². The predicted octanol–water partition coefficient (Wildman–Crippen LogP) is 4.37. The Morgan fingerprint density at radius 1 is 1.20 bits per heavy atom. The number of nitrogens with one attached hydrogen (secondary N) is 1. The molecule has 0 fully saturated rings. The number of aryl methyl sites for hydroxylation is 1. The van der Waals surface area contributed by atoms with Crippen molar-refractivity contribution in [2.45, 2.75) is 26.2 Å². The molecule has 1 aromatic heterocycles. The van der Waals surface area contributed by atoms with E-state index in [0.717, 1.165) is 5.56 Å². The lowest BCUT2D eigenvalue weighted by molar-refractivity contribution is -0.149. The Bertz CT molecular complexity index is 766. The van der Waals surface area contributed by atoms with Gasteiger partial charge in [0, 0.05) is 0 Å². The molecule has 1 N–H and O–H groups in total. The Hall–Kier alpha value is -2.11. The zero-order chi connectivity index (χ0) is 18.4. The Morgan fingerprint density at radius 2 is 1.88 bits per heavy atom. The second kappa shape index (κ2) is 8.83. The molecule has 7 heteroatoms. The van der Waals surface area contributed by atoms with Crippen molar-refractivity contribution in [3.8, 4) is 0 Å². The van der Waals surface area contributed by atoms with Gasteiger partial charge < -0.3 is 10.1 Å². The lowest BCUT2D eigenvalue weighted by Crippen LogP contribution is -2.24. The first kappa shape index (κ1) is 19.2. The van der Waals surface area contributed by atoms with Gasteiger partial charge in [-0.3, -0.25) is 9.59 Å². The van der Waals surface area contributed by atoms with E-state index in [1.807, 2.05) is 37.3 Å². The van der Waals surface area contributed by atoms with Gasteiger partial charge in [-0.2, -0.15) is 0 Å². The third-order valence-corrected chi connectivity index (χ3v) is 4.27. The van der Waals surface area contributed by atoms with Crippen LogP contribution in [0.5, 0.6) is 0 Å². The summed E-state index contributed by atoms with van der Waals surface area (Å²) in [6.45, 7) is 3.17. The molecule has 0 saturated carbocycles. The Kier molecular flexibility index (Phi) is 6.79. The van der Waals surface area contributed by atoms with Crippen LogP contribution in [0.1, 0.15) is 30.5 Å². The fourth-order valence-corrected chi connectivity index (χ4v) is 2.68. The Balaban J connectivity index is 1.95. The number of hydrogen-bond donors (Lipinski definition) is 1.